The Kier molecular flexibility index (Phi) is 10.7. The van der Waals surface area contributed by atoms with Crippen LogP contribution in [0.15, 0.2) is 84.9 Å². The molecule has 0 unspecified atom stereocenters. The molecule has 0 radical (unpaired) electrons. The van der Waals surface area contributed by atoms with Crippen LogP contribution in [0.1, 0.15) is 98.6 Å². The van der Waals surface area contributed by atoms with Gasteiger partial charge < -0.3 is 0 Å². The van der Waals surface area contributed by atoms with Gasteiger partial charge in [0.15, 0.2) is 0 Å². The Hall–Kier alpha value is -4.04. The minimum Gasteiger partial charge on any atom is -0.244 e. The normalized spacial score (nSPS) is 11.9. The van der Waals surface area contributed by atoms with Gasteiger partial charge in [0.05, 0.1) is 22.1 Å². The zero-order valence-corrected chi connectivity index (χ0v) is 25.4. The number of hydrogen-bond donors (Lipinski definition) is 0. The highest BCUT2D eigenvalue weighted by Crippen LogP contribution is 2.21. The lowest BCUT2D eigenvalue weighted by Gasteiger charge is -2.04. The lowest BCUT2D eigenvalue weighted by atomic mass is 10.0. The van der Waals surface area contributed by atoms with Gasteiger partial charge in [-0.05, 0) is 83.3 Å². The van der Waals surface area contributed by atoms with Crippen LogP contribution < -0.4 is 0 Å². The summed E-state index contributed by atoms with van der Waals surface area (Å²) in [5, 5.41) is 0. The molecule has 1 aromatic heterocycles. The highest BCUT2D eigenvalue weighted by molar-refractivity contribution is 5.89. The fraction of sp³-hybridized carbons (Fsp3) is 0.300. The second-order valence-electron chi connectivity index (χ2n) is 11.5. The molecule has 1 heterocycles. The third kappa shape index (κ3) is 8.49. The molecule has 4 aromatic carbocycles. The summed E-state index contributed by atoms with van der Waals surface area (Å²) in [4.78, 5) is 9.86. The monoisotopic (exact) mass is 552 g/mol. The molecule has 0 atom stereocenters. The minimum atomic E-state index is 0.919. The number of hydrogen-bond acceptors (Lipinski definition) is 2. The summed E-state index contributed by atoms with van der Waals surface area (Å²) in [6.45, 7) is 4.52. The molecule has 0 bridgehead atoms. The number of unbranched alkanes of at least 4 members (excludes halogenated alkanes) is 6. The summed E-state index contributed by atoms with van der Waals surface area (Å²) in [6.07, 6.45) is 21.5. The molecule has 214 valence electrons. The van der Waals surface area contributed by atoms with Crippen LogP contribution in [0.2, 0.25) is 0 Å². The van der Waals surface area contributed by atoms with Gasteiger partial charge in [-0.15, -0.1) is 0 Å². The highest BCUT2D eigenvalue weighted by Gasteiger charge is 2.04. The molecule has 0 aliphatic rings. The summed E-state index contributed by atoms with van der Waals surface area (Å²) in [6, 6.07) is 30.6. The highest BCUT2D eigenvalue weighted by atomic mass is 14.8. The second-order valence-corrected chi connectivity index (χ2v) is 11.5. The van der Waals surface area contributed by atoms with Crippen molar-refractivity contribution < 1.29 is 0 Å². The Morgan fingerprint density at radius 1 is 0.405 bits per heavy atom. The van der Waals surface area contributed by atoms with Gasteiger partial charge in [0.25, 0.3) is 0 Å². The zero-order chi connectivity index (χ0) is 29.0. The Morgan fingerprint density at radius 3 is 1.19 bits per heavy atom. The van der Waals surface area contributed by atoms with E-state index < -0.39 is 0 Å². The van der Waals surface area contributed by atoms with Crippen molar-refractivity contribution in [1.82, 2.24) is 9.97 Å². The van der Waals surface area contributed by atoms with Gasteiger partial charge in [0, 0.05) is 0 Å². The van der Waals surface area contributed by atoms with Crippen molar-refractivity contribution in [3.8, 4) is 0 Å². The summed E-state index contributed by atoms with van der Waals surface area (Å²) >= 11 is 0. The molecule has 0 fully saturated rings. The second kappa shape index (κ2) is 15.3. The minimum absolute atomic E-state index is 0.919. The summed E-state index contributed by atoms with van der Waals surface area (Å²) < 4.78 is 0. The van der Waals surface area contributed by atoms with Gasteiger partial charge in [-0.3, -0.25) is 0 Å². The molecule has 0 saturated carbocycles. The van der Waals surface area contributed by atoms with Crippen LogP contribution in [0.3, 0.4) is 0 Å². The first kappa shape index (κ1) is 29.5. The molecule has 0 aliphatic carbocycles. The van der Waals surface area contributed by atoms with Crippen molar-refractivity contribution in [2.75, 3.05) is 0 Å². The Balaban J connectivity index is 1.22. The smallest absolute Gasteiger partial charge is 0.0900 e. The van der Waals surface area contributed by atoms with Crippen molar-refractivity contribution in [2.45, 2.75) is 78.1 Å². The summed E-state index contributed by atoms with van der Waals surface area (Å²) in [5.74, 6) is 0. The number of aryl methyl sites for hydroxylation is 2. The molecule has 0 aliphatic heterocycles. The van der Waals surface area contributed by atoms with E-state index in [4.69, 9.17) is 9.97 Å². The number of rotatable bonds is 14. The average molecular weight is 553 g/mol. The van der Waals surface area contributed by atoms with Gasteiger partial charge >= 0.3 is 0 Å². The van der Waals surface area contributed by atoms with Crippen molar-refractivity contribution >= 4 is 46.4 Å². The van der Waals surface area contributed by atoms with E-state index in [1.54, 1.807) is 0 Å². The van der Waals surface area contributed by atoms with Gasteiger partial charge in [0.2, 0.25) is 0 Å². The Bertz CT molecular complexity index is 1500. The molecular weight excluding hydrogens is 508 g/mol. The van der Waals surface area contributed by atoms with Crippen molar-refractivity contribution in [2.24, 2.45) is 0 Å². The fourth-order valence-corrected chi connectivity index (χ4v) is 5.40. The van der Waals surface area contributed by atoms with E-state index in [1.165, 1.54) is 86.5 Å². The van der Waals surface area contributed by atoms with Crippen molar-refractivity contribution in [3.05, 3.63) is 118 Å². The molecule has 2 heteroatoms. The van der Waals surface area contributed by atoms with E-state index >= 15 is 0 Å². The summed E-state index contributed by atoms with van der Waals surface area (Å²) in [7, 11) is 0. The predicted octanol–water partition coefficient (Wildman–Crippen LogP) is 11.4. The fourth-order valence-electron chi connectivity index (χ4n) is 5.40. The SMILES string of the molecule is CCCCCCc1ccc(/C=C/c2ccc3nc4cc(/C=C/c5ccc(CCCCCC)cc5)ccc4nc3c2)cc1. The number of fused-ring (bicyclic) bond motifs is 2. The molecule has 2 nitrogen and oxygen atoms in total. The maximum Gasteiger partial charge on any atom is 0.0900 e. The van der Waals surface area contributed by atoms with E-state index in [0.29, 0.717) is 0 Å². The van der Waals surface area contributed by atoms with Gasteiger partial charge in [0.1, 0.15) is 0 Å². The predicted molar refractivity (Wildman–Crippen MR) is 183 cm³/mol. The van der Waals surface area contributed by atoms with Gasteiger partial charge in [-0.1, -0.05) is 137 Å². The maximum atomic E-state index is 4.93. The largest absolute Gasteiger partial charge is 0.244 e. The zero-order valence-electron chi connectivity index (χ0n) is 25.4. The molecule has 0 N–H and O–H groups in total. The molecule has 0 spiro atoms. The van der Waals surface area contributed by atoms with Crippen LogP contribution in [-0.4, -0.2) is 9.97 Å². The standard InChI is InChI=1S/C40H44N2/c1-3-5-7-9-11-31-13-17-33(18-14-31)21-23-35-25-27-37-39(29-35)41-38-28-26-36(30-40(38)42-37)24-22-34-19-15-32(16-20-34)12-10-8-6-4-2/h13-30H,3-12H2,1-2H3/b23-21+,24-22+. The average Bonchev–Trinajstić information content (AvgIpc) is 3.03. The Morgan fingerprint density at radius 2 is 0.786 bits per heavy atom. The topological polar surface area (TPSA) is 25.8 Å². The van der Waals surface area contributed by atoms with Crippen molar-refractivity contribution in [1.29, 1.82) is 0 Å². The maximum absolute atomic E-state index is 4.93. The van der Waals surface area contributed by atoms with E-state index in [9.17, 15) is 0 Å². The molecule has 5 rings (SSSR count). The molecular formula is C40H44N2. The van der Waals surface area contributed by atoms with E-state index in [-0.39, 0.29) is 0 Å². The quantitative estimate of drug-likeness (QED) is 0.0778. The third-order valence-corrected chi connectivity index (χ3v) is 8.01. The van der Waals surface area contributed by atoms with Gasteiger partial charge in [-0.25, -0.2) is 9.97 Å². The van der Waals surface area contributed by atoms with Crippen LogP contribution >= 0.6 is 0 Å². The van der Waals surface area contributed by atoms with Gasteiger partial charge in [-0.2, -0.15) is 0 Å². The molecule has 0 amide bonds. The first-order chi connectivity index (χ1) is 20.7. The van der Waals surface area contributed by atoms with Crippen LogP contribution in [0, 0.1) is 0 Å². The molecule has 42 heavy (non-hydrogen) atoms. The third-order valence-electron chi connectivity index (χ3n) is 8.01. The van der Waals surface area contributed by atoms with E-state index in [0.717, 1.165) is 33.2 Å². The first-order valence-electron chi connectivity index (χ1n) is 16.0. The number of aromatic nitrogens is 2. The molecule has 0 saturated heterocycles. The van der Waals surface area contributed by atoms with Crippen LogP contribution in [0.5, 0.6) is 0 Å². The first-order valence-corrected chi connectivity index (χ1v) is 16.0. The van der Waals surface area contributed by atoms with Crippen LogP contribution in [-0.2, 0) is 12.8 Å². The number of benzene rings is 4. The van der Waals surface area contributed by atoms with E-state index in [2.05, 4.69) is 123 Å². The van der Waals surface area contributed by atoms with Crippen LogP contribution in [0.4, 0.5) is 0 Å². The van der Waals surface area contributed by atoms with Crippen molar-refractivity contribution in [3.63, 3.8) is 0 Å². The van der Waals surface area contributed by atoms with E-state index in [1.807, 2.05) is 0 Å². The summed E-state index contributed by atoms with van der Waals surface area (Å²) in [5.41, 5.74) is 11.2. The lowest BCUT2D eigenvalue weighted by Crippen LogP contribution is -1.89. The number of nitrogens with zero attached hydrogens (tertiary/aromatic N) is 2. The lowest BCUT2D eigenvalue weighted by molar-refractivity contribution is 0.667. The Labute approximate surface area is 252 Å². The molecule has 5 aromatic rings. The van der Waals surface area contributed by atoms with Crippen LogP contribution in [0.25, 0.3) is 46.4 Å².